The third-order valence-electron chi connectivity index (χ3n) is 5.27. The van der Waals surface area contributed by atoms with Crippen LogP contribution in [0, 0.1) is 5.92 Å². The Kier molecular flexibility index (Phi) is 3.96. The van der Waals surface area contributed by atoms with Crippen LogP contribution >= 0.6 is 11.3 Å². The number of carbonyl (C=O) groups excluding carboxylic acids is 1. The second-order valence-electron chi connectivity index (χ2n) is 7.32. The molecule has 0 bridgehead atoms. The van der Waals surface area contributed by atoms with Crippen LogP contribution in [0.15, 0.2) is 28.2 Å². The minimum atomic E-state index is 0.106. The minimum absolute atomic E-state index is 0.106. The van der Waals surface area contributed by atoms with Gasteiger partial charge in [0.05, 0.1) is 15.7 Å². The third-order valence-corrected chi connectivity index (χ3v) is 6.07. The van der Waals surface area contributed by atoms with Crippen molar-refractivity contribution < 1.29 is 9.32 Å². The molecule has 7 heteroatoms. The highest BCUT2D eigenvalue weighted by Crippen LogP contribution is 2.38. The van der Waals surface area contributed by atoms with Crippen LogP contribution in [0.5, 0.6) is 0 Å². The molecular weight excluding hydrogens is 348 g/mol. The molecule has 1 aliphatic heterocycles. The van der Waals surface area contributed by atoms with Gasteiger partial charge >= 0.3 is 0 Å². The average Bonchev–Trinajstić information content (AvgIpc) is 3.23. The van der Waals surface area contributed by atoms with Gasteiger partial charge in [0, 0.05) is 31.0 Å². The Labute approximate surface area is 155 Å². The highest BCUT2D eigenvalue weighted by molar-refractivity contribution is 7.16. The molecule has 0 N–H and O–H groups in total. The van der Waals surface area contributed by atoms with Crippen molar-refractivity contribution >= 4 is 27.5 Å². The van der Waals surface area contributed by atoms with E-state index >= 15 is 0 Å². The smallest absolute Gasteiger partial charge is 0.253 e. The quantitative estimate of drug-likeness (QED) is 0.703. The summed E-state index contributed by atoms with van der Waals surface area (Å²) in [6, 6.07) is 5.77. The minimum Gasteiger partial charge on any atom is -0.339 e. The van der Waals surface area contributed by atoms with E-state index in [1.165, 1.54) is 12.8 Å². The van der Waals surface area contributed by atoms with Crippen molar-refractivity contribution in [3.63, 3.8) is 0 Å². The summed E-state index contributed by atoms with van der Waals surface area (Å²) in [5.41, 5.74) is 3.51. The predicted molar refractivity (Wildman–Crippen MR) is 98.2 cm³/mol. The zero-order valence-corrected chi connectivity index (χ0v) is 15.2. The Morgan fingerprint density at radius 3 is 3.12 bits per heavy atom. The summed E-state index contributed by atoms with van der Waals surface area (Å²) in [4.78, 5) is 23.7. The molecule has 2 aromatic heterocycles. The van der Waals surface area contributed by atoms with Crippen molar-refractivity contribution in [1.82, 2.24) is 20.0 Å². The summed E-state index contributed by atoms with van der Waals surface area (Å²) < 4.78 is 6.48. The summed E-state index contributed by atoms with van der Waals surface area (Å²) in [5.74, 6) is 2.58. The standard InChI is InChI=1S/C19H20N4O2S/c24-19(14-5-6-15-16(9-14)26-11-20-15)23-7-1-2-12(10-23)8-17-21-18(22-25-17)13-3-4-13/h5-6,9,11-13H,1-4,7-8,10H2. The van der Waals surface area contributed by atoms with Crippen molar-refractivity contribution in [2.75, 3.05) is 13.1 Å². The van der Waals surface area contributed by atoms with Gasteiger partial charge in [-0.25, -0.2) is 4.98 Å². The number of carbonyl (C=O) groups is 1. The number of hydrogen-bond donors (Lipinski definition) is 0. The molecule has 3 heterocycles. The average molecular weight is 368 g/mol. The SMILES string of the molecule is O=C(c1ccc2ncsc2c1)N1CCCC(Cc2nc(C3CC3)no2)C1. The summed E-state index contributed by atoms with van der Waals surface area (Å²) in [6.07, 6.45) is 5.22. The molecule has 1 atom stereocenters. The number of hydrogen-bond acceptors (Lipinski definition) is 6. The number of aromatic nitrogens is 3. The Morgan fingerprint density at radius 1 is 1.31 bits per heavy atom. The number of thiazole rings is 1. The Bertz CT molecular complexity index is 946. The molecule has 0 spiro atoms. The van der Waals surface area contributed by atoms with E-state index in [4.69, 9.17) is 4.52 Å². The number of nitrogens with zero attached hydrogens (tertiary/aromatic N) is 4. The molecule has 0 radical (unpaired) electrons. The molecule has 6 nitrogen and oxygen atoms in total. The molecule has 1 aromatic carbocycles. The van der Waals surface area contributed by atoms with Crippen molar-refractivity contribution in [2.45, 2.75) is 38.0 Å². The molecular formula is C19H20N4O2S. The normalized spacial score (nSPS) is 20.6. The number of fused-ring (bicyclic) bond motifs is 1. The van der Waals surface area contributed by atoms with E-state index in [1.54, 1.807) is 11.3 Å². The van der Waals surface area contributed by atoms with Gasteiger partial charge in [-0.3, -0.25) is 4.79 Å². The lowest BCUT2D eigenvalue weighted by atomic mass is 9.94. The highest BCUT2D eigenvalue weighted by Gasteiger charge is 2.30. The summed E-state index contributed by atoms with van der Waals surface area (Å²) >= 11 is 1.57. The van der Waals surface area contributed by atoms with Crippen LogP contribution in [-0.2, 0) is 6.42 Å². The van der Waals surface area contributed by atoms with Crippen molar-refractivity contribution in [1.29, 1.82) is 0 Å². The summed E-state index contributed by atoms with van der Waals surface area (Å²) in [5, 5.41) is 4.10. The van der Waals surface area contributed by atoms with Gasteiger partial charge in [0.2, 0.25) is 5.89 Å². The van der Waals surface area contributed by atoms with Gasteiger partial charge in [0.1, 0.15) is 0 Å². The van der Waals surface area contributed by atoms with E-state index in [0.717, 1.165) is 59.8 Å². The molecule has 1 aliphatic carbocycles. The van der Waals surface area contributed by atoms with Gasteiger partial charge in [0.25, 0.3) is 5.91 Å². The number of amides is 1. The van der Waals surface area contributed by atoms with Crippen LogP contribution in [0.3, 0.4) is 0 Å². The fourth-order valence-corrected chi connectivity index (χ4v) is 4.41. The number of piperidine rings is 1. The first-order chi connectivity index (χ1) is 12.8. The Hall–Kier alpha value is -2.28. The zero-order valence-electron chi connectivity index (χ0n) is 14.4. The van der Waals surface area contributed by atoms with Gasteiger partial charge in [-0.15, -0.1) is 11.3 Å². The molecule has 2 fully saturated rings. The van der Waals surface area contributed by atoms with Crippen LogP contribution < -0.4 is 0 Å². The topological polar surface area (TPSA) is 72.1 Å². The van der Waals surface area contributed by atoms with E-state index < -0.39 is 0 Å². The number of rotatable bonds is 4. The van der Waals surface area contributed by atoms with Crippen LogP contribution in [0.1, 0.15) is 53.7 Å². The Morgan fingerprint density at radius 2 is 2.23 bits per heavy atom. The van der Waals surface area contributed by atoms with E-state index in [1.807, 2.05) is 28.6 Å². The fourth-order valence-electron chi connectivity index (χ4n) is 3.69. The Balaban J connectivity index is 1.27. The summed E-state index contributed by atoms with van der Waals surface area (Å²) in [7, 11) is 0. The van der Waals surface area contributed by atoms with E-state index in [0.29, 0.717) is 11.8 Å². The van der Waals surface area contributed by atoms with Gasteiger partial charge < -0.3 is 9.42 Å². The second kappa shape index (κ2) is 6.46. The maximum atomic E-state index is 12.9. The molecule has 26 heavy (non-hydrogen) atoms. The molecule has 134 valence electrons. The number of likely N-dealkylation sites (tertiary alicyclic amines) is 1. The van der Waals surface area contributed by atoms with E-state index in [-0.39, 0.29) is 5.91 Å². The maximum Gasteiger partial charge on any atom is 0.253 e. The lowest BCUT2D eigenvalue weighted by Crippen LogP contribution is -2.40. The molecule has 3 aromatic rings. The van der Waals surface area contributed by atoms with Crippen molar-refractivity contribution in [3.8, 4) is 0 Å². The second-order valence-corrected chi connectivity index (χ2v) is 8.21. The van der Waals surface area contributed by atoms with Gasteiger partial charge in [0.15, 0.2) is 5.82 Å². The van der Waals surface area contributed by atoms with Gasteiger partial charge in [-0.05, 0) is 49.8 Å². The molecule has 1 saturated carbocycles. The molecule has 1 saturated heterocycles. The lowest BCUT2D eigenvalue weighted by molar-refractivity contribution is 0.0668. The number of benzene rings is 1. The van der Waals surface area contributed by atoms with Crippen molar-refractivity contribution in [3.05, 3.63) is 41.0 Å². The van der Waals surface area contributed by atoms with E-state index in [2.05, 4.69) is 15.1 Å². The van der Waals surface area contributed by atoms with Crippen LogP contribution in [0.4, 0.5) is 0 Å². The van der Waals surface area contributed by atoms with Crippen LogP contribution in [-0.4, -0.2) is 39.0 Å². The molecule has 2 aliphatic rings. The molecule has 1 unspecified atom stereocenters. The van der Waals surface area contributed by atoms with Crippen molar-refractivity contribution in [2.24, 2.45) is 5.92 Å². The van der Waals surface area contributed by atoms with Crippen LogP contribution in [0.25, 0.3) is 10.2 Å². The van der Waals surface area contributed by atoms with E-state index in [9.17, 15) is 4.79 Å². The van der Waals surface area contributed by atoms with Crippen LogP contribution in [0.2, 0.25) is 0 Å². The summed E-state index contributed by atoms with van der Waals surface area (Å²) in [6.45, 7) is 1.56. The third kappa shape index (κ3) is 3.11. The van der Waals surface area contributed by atoms with Gasteiger partial charge in [-0.1, -0.05) is 5.16 Å². The molecule has 5 rings (SSSR count). The first kappa shape index (κ1) is 15.9. The van der Waals surface area contributed by atoms with Gasteiger partial charge in [-0.2, -0.15) is 4.98 Å². The first-order valence-corrected chi connectivity index (χ1v) is 10.1. The maximum absolute atomic E-state index is 12.9. The lowest BCUT2D eigenvalue weighted by Gasteiger charge is -2.32. The monoisotopic (exact) mass is 368 g/mol. The predicted octanol–water partition coefficient (Wildman–Crippen LogP) is 3.65. The zero-order chi connectivity index (χ0) is 17.5. The first-order valence-electron chi connectivity index (χ1n) is 9.21. The highest BCUT2D eigenvalue weighted by atomic mass is 32.1. The largest absolute Gasteiger partial charge is 0.339 e. The molecule has 1 amide bonds. The fraction of sp³-hybridized carbons (Fsp3) is 0.474.